The van der Waals surface area contributed by atoms with Crippen LogP contribution in [0.1, 0.15) is 179 Å². The van der Waals surface area contributed by atoms with E-state index in [4.69, 9.17) is 0 Å². The van der Waals surface area contributed by atoms with E-state index in [-0.39, 0.29) is 47.5 Å². The van der Waals surface area contributed by atoms with Crippen molar-refractivity contribution in [3.05, 3.63) is 59.7 Å². The number of rotatable bonds is 28. The van der Waals surface area contributed by atoms with Gasteiger partial charge in [-0.1, -0.05) is 179 Å². The summed E-state index contributed by atoms with van der Waals surface area (Å²) in [5.74, 6) is 0. The molecule has 0 aromatic heterocycles. The second-order valence-corrected chi connectivity index (χ2v) is 16.2. The molecule has 0 spiro atoms. The maximum Gasteiger partial charge on any atom is 2.00 e. The van der Waals surface area contributed by atoms with Gasteiger partial charge in [-0.3, -0.25) is 0 Å². The summed E-state index contributed by atoms with van der Waals surface area (Å²) in [5, 5.41) is 0. The van der Waals surface area contributed by atoms with Crippen LogP contribution in [-0.2, 0) is 33.1 Å². The van der Waals surface area contributed by atoms with E-state index in [1.165, 1.54) is 166 Å². The standard InChI is InChI=1S/2C20H34O3S.Ca/c2*1-2-3-4-5-6-7-8-9-10-11-12-13-14-19-15-17-20(18-16-19)24(21,22)23;/h2*15-18H,2-14H2,1H3,(H,21,22,23);/q;;+2/p-2. The predicted molar refractivity (Wildman–Crippen MR) is 204 cm³/mol. The fourth-order valence-corrected chi connectivity index (χ4v) is 6.92. The molecular formula is C40H66CaO6S2. The quantitative estimate of drug-likeness (QED) is 0.0486. The molecule has 0 saturated heterocycles. The van der Waals surface area contributed by atoms with Crippen molar-refractivity contribution in [2.24, 2.45) is 0 Å². The van der Waals surface area contributed by atoms with Crippen LogP contribution in [0.15, 0.2) is 58.3 Å². The van der Waals surface area contributed by atoms with Crippen LogP contribution in [0.5, 0.6) is 0 Å². The summed E-state index contributed by atoms with van der Waals surface area (Å²) in [5.41, 5.74) is 2.21. The van der Waals surface area contributed by atoms with Crippen molar-refractivity contribution in [2.75, 3.05) is 0 Å². The Morgan fingerprint density at radius 3 is 0.776 bits per heavy atom. The molecule has 0 aliphatic rings. The van der Waals surface area contributed by atoms with Crippen molar-refractivity contribution in [2.45, 2.75) is 191 Å². The molecule has 0 fully saturated rings. The van der Waals surface area contributed by atoms with Gasteiger partial charge in [0.15, 0.2) is 0 Å². The monoisotopic (exact) mass is 746 g/mol. The van der Waals surface area contributed by atoms with Gasteiger partial charge in [0, 0.05) is 0 Å². The van der Waals surface area contributed by atoms with Crippen LogP contribution in [0.3, 0.4) is 0 Å². The smallest absolute Gasteiger partial charge is 0.744 e. The molecule has 0 saturated carbocycles. The van der Waals surface area contributed by atoms with Crippen LogP contribution in [0.25, 0.3) is 0 Å². The maximum absolute atomic E-state index is 10.9. The maximum atomic E-state index is 10.9. The van der Waals surface area contributed by atoms with Crippen molar-refractivity contribution < 1.29 is 25.9 Å². The van der Waals surface area contributed by atoms with E-state index in [0.717, 1.165) is 36.8 Å². The molecule has 0 bridgehead atoms. The summed E-state index contributed by atoms with van der Waals surface area (Å²) in [6, 6.07) is 12.7. The second-order valence-electron chi connectivity index (χ2n) is 13.5. The number of aryl methyl sites for hydroxylation is 2. The first kappa shape index (κ1) is 48.5. The molecule has 2 aromatic carbocycles. The molecule has 49 heavy (non-hydrogen) atoms. The first-order chi connectivity index (χ1) is 23.1. The molecule has 2 rings (SSSR count). The molecular weight excluding hydrogens is 681 g/mol. The normalized spacial score (nSPS) is 11.5. The molecule has 0 N–H and O–H groups in total. The Balaban J connectivity index is 0.000000922. The SMILES string of the molecule is CCCCCCCCCCCCCCc1ccc(S(=O)(=O)[O-])cc1.CCCCCCCCCCCCCCc1ccc(S(=O)(=O)[O-])cc1.[Ca+2]. The molecule has 276 valence electrons. The van der Waals surface area contributed by atoms with E-state index in [0.29, 0.717) is 0 Å². The average molecular weight is 747 g/mol. The zero-order valence-electron chi connectivity index (χ0n) is 31.0. The summed E-state index contributed by atoms with van der Waals surface area (Å²) in [7, 11) is -8.63. The third kappa shape index (κ3) is 27.8. The van der Waals surface area contributed by atoms with Crippen molar-refractivity contribution in [3.8, 4) is 0 Å². The van der Waals surface area contributed by atoms with Gasteiger partial charge >= 0.3 is 37.7 Å². The number of hydrogen-bond donors (Lipinski definition) is 0. The van der Waals surface area contributed by atoms with E-state index in [2.05, 4.69) is 13.8 Å². The number of hydrogen-bond acceptors (Lipinski definition) is 6. The Bertz CT molecular complexity index is 1150. The molecule has 0 amide bonds. The summed E-state index contributed by atoms with van der Waals surface area (Å²) < 4.78 is 65.2. The van der Waals surface area contributed by atoms with Gasteiger partial charge in [0.25, 0.3) is 0 Å². The minimum Gasteiger partial charge on any atom is -0.744 e. The van der Waals surface area contributed by atoms with Crippen LogP contribution in [0, 0.1) is 0 Å². The zero-order chi connectivity index (χ0) is 35.4. The van der Waals surface area contributed by atoms with Crippen molar-refractivity contribution in [1.29, 1.82) is 0 Å². The minimum atomic E-state index is -4.32. The Morgan fingerprint density at radius 1 is 0.367 bits per heavy atom. The Labute approximate surface area is 331 Å². The van der Waals surface area contributed by atoms with E-state index < -0.39 is 20.2 Å². The van der Waals surface area contributed by atoms with E-state index >= 15 is 0 Å². The first-order valence-electron chi connectivity index (χ1n) is 19.2. The summed E-state index contributed by atoms with van der Waals surface area (Å²) in [4.78, 5) is -0.276. The fraction of sp³-hybridized carbons (Fsp3) is 0.700. The van der Waals surface area contributed by atoms with Gasteiger partial charge in [0.1, 0.15) is 20.2 Å². The Morgan fingerprint density at radius 2 is 0.571 bits per heavy atom. The van der Waals surface area contributed by atoms with E-state index in [1.54, 1.807) is 24.3 Å². The first-order valence-corrected chi connectivity index (χ1v) is 22.0. The van der Waals surface area contributed by atoms with Crippen LogP contribution < -0.4 is 0 Å². The van der Waals surface area contributed by atoms with Crippen LogP contribution in [0.2, 0.25) is 0 Å². The van der Waals surface area contributed by atoms with Crippen LogP contribution >= 0.6 is 0 Å². The molecule has 9 heteroatoms. The topological polar surface area (TPSA) is 114 Å². The molecule has 0 unspecified atom stereocenters. The van der Waals surface area contributed by atoms with Gasteiger partial charge in [-0.05, 0) is 61.1 Å². The largest absolute Gasteiger partial charge is 2.00 e. The zero-order valence-corrected chi connectivity index (χ0v) is 34.8. The van der Waals surface area contributed by atoms with Gasteiger partial charge in [-0.15, -0.1) is 0 Å². The Kier molecular flexibility index (Phi) is 30.8. The fourth-order valence-electron chi connectivity index (χ4n) is 5.99. The van der Waals surface area contributed by atoms with Crippen LogP contribution in [0.4, 0.5) is 0 Å². The molecule has 0 heterocycles. The third-order valence-corrected chi connectivity index (χ3v) is 10.8. The van der Waals surface area contributed by atoms with E-state index in [9.17, 15) is 25.9 Å². The Hall–Kier alpha value is -0.480. The number of unbranched alkanes of at least 4 members (excludes halogenated alkanes) is 22. The van der Waals surface area contributed by atoms with Gasteiger partial charge in [0.2, 0.25) is 0 Å². The molecule has 0 aliphatic heterocycles. The van der Waals surface area contributed by atoms with Gasteiger partial charge in [-0.25, -0.2) is 16.8 Å². The van der Waals surface area contributed by atoms with Gasteiger partial charge in [-0.2, -0.15) is 0 Å². The average Bonchev–Trinajstić information content (AvgIpc) is 3.06. The number of benzene rings is 2. The predicted octanol–water partition coefficient (Wildman–Crippen LogP) is 11.3. The second kappa shape index (κ2) is 31.1. The molecule has 0 atom stereocenters. The summed E-state index contributed by atoms with van der Waals surface area (Å²) in [6.45, 7) is 4.51. The van der Waals surface area contributed by atoms with Crippen molar-refractivity contribution >= 4 is 58.0 Å². The third-order valence-electron chi connectivity index (χ3n) is 9.06. The van der Waals surface area contributed by atoms with E-state index in [1.807, 2.05) is 0 Å². The van der Waals surface area contributed by atoms with Gasteiger partial charge in [0.05, 0.1) is 9.79 Å². The summed E-state index contributed by atoms with van der Waals surface area (Å²) >= 11 is 0. The molecule has 0 aliphatic carbocycles. The van der Waals surface area contributed by atoms with Gasteiger partial charge < -0.3 is 9.11 Å². The molecule has 2 aromatic rings. The van der Waals surface area contributed by atoms with Crippen molar-refractivity contribution in [3.63, 3.8) is 0 Å². The molecule has 6 nitrogen and oxygen atoms in total. The minimum absolute atomic E-state index is 0. The molecule has 0 radical (unpaired) electrons. The van der Waals surface area contributed by atoms with Crippen molar-refractivity contribution in [1.82, 2.24) is 0 Å². The van der Waals surface area contributed by atoms with Crippen LogP contribution in [-0.4, -0.2) is 63.7 Å². The summed E-state index contributed by atoms with van der Waals surface area (Å²) in [6.07, 6.45) is 33.8.